The van der Waals surface area contributed by atoms with Crippen molar-refractivity contribution >= 4 is 27.7 Å². The SMILES string of the molecule is O=C(CNC(=O)c1cccc(C(F)(F)F)c1)NC1CN(C2CCC(n3cc(Br)cnc3=O)CC2)C1. The van der Waals surface area contributed by atoms with Gasteiger partial charge in [-0.1, -0.05) is 6.07 Å². The van der Waals surface area contributed by atoms with Gasteiger partial charge in [-0.2, -0.15) is 13.2 Å². The second-order valence-corrected chi connectivity index (χ2v) is 9.82. The lowest BCUT2D eigenvalue weighted by Crippen LogP contribution is -2.63. The van der Waals surface area contributed by atoms with Gasteiger partial charge in [0.05, 0.1) is 22.6 Å². The fraction of sp³-hybridized carbons (Fsp3) is 0.478. The van der Waals surface area contributed by atoms with Gasteiger partial charge in [0, 0.05) is 43.1 Å². The molecular formula is C23H25BrF3N5O3. The monoisotopic (exact) mass is 555 g/mol. The lowest BCUT2D eigenvalue weighted by molar-refractivity contribution is -0.137. The maximum absolute atomic E-state index is 12.8. The number of nitrogens with one attached hydrogen (secondary N) is 2. The summed E-state index contributed by atoms with van der Waals surface area (Å²) in [7, 11) is 0. The quantitative estimate of drug-likeness (QED) is 0.571. The summed E-state index contributed by atoms with van der Waals surface area (Å²) in [4.78, 5) is 42.5. The first-order chi connectivity index (χ1) is 16.6. The third-order valence-corrected chi connectivity index (χ3v) is 6.90. The van der Waals surface area contributed by atoms with Crippen LogP contribution in [0.5, 0.6) is 0 Å². The van der Waals surface area contributed by atoms with Crippen LogP contribution in [0, 0.1) is 0 Å². The fourth-order valence-corrected chi connectivity index (χ4v) is 4.97. The first-order valence-electron chi connectivity index (χ1n) is 11.3. The fourth-order valence-electron chi connectivity index (χ4n) is 4.65. The number of benzene rings is 1. The van der Waals surface area contributed by atoms with Crippen LogP contribution in [0.25, 0.3) is 0 Å². The van der Waals surface area contributed by atoms with Crippen LogP contribution in [-0.4, -0.2) is 58.0 Å². The number of carbonyl (C=O) groups excluding carboxylic acids is 2. The van der Waals surface area contributed by atoms with Gasteiger partial charge in [-0.15, -0.1) is 0 Å². The molecule has 2 N–H and O–H groups in total. The van der Waals surface area contributed by atoms with E-state index in [1.54, 1.807) is 10.8 Å². The van der Waals surface area contributed by atoms with Gasteiger partial charge in [0.25, 0.3) is 5.91 Å². The van der Waals surface area contributed by atoms with Crippen molar-refractivity contribution in [1.82, 2.24) is 25.1 Å². The molecule has 1 aliphatic carbocycles. The van der Waals surface area contributed by atoms with Crippen molar-refractivity contribution in [3.05, 3.63) is 62.7 Å². The molecule has 35 heavy (non-hydrogen) atoms. The molecule has 4 rings (SSSR count). The number of rotatable bonds is 6. The number of alkyl halides is 3. The second-order valence-electron chi connectivity index (χ2n) is 8.90. The molecule has 2 aliphatic rings. The number of hydrogen-bond acceptors (Lipinski definition) is 5. The van der Waals surface area contributed by atoms with E-state index in [1.165, 1.54) is 12.3 Å². The molecule has 0 atom stereocenters. The standard InChI is InChI=1S/C23H25BrF3N5O3/c24-16-9-29-22(35)32(11-16)19-6-4-18(5-7-19)31-12-17(13-31)30-20(33)10-28-21(34)14-2-1-3-15(8-14)23(25,26)27/h1-3,8-9,11,17-19H,4-7,10,12-13H2,(H,28,34)(H,30,33). The predicted octanol–water partition coefficient (Wildman–Crippen LogP) is 2.74. The van der Waals surface area contributed by atoms with Crippen LogP contribution in [0.15, 0.2) is 45.9 Å². The zero-order chi connectivity index (χ0) is 25.2. The Kier molecular flexibility index (Phi) is 7.60. The molecule has 2 aromatic rings. The Bertz CT molecular complexity index is 1140. The van der Waals surface area contributed by atoms with E-state index >= 15 is 0 Å². The van der Waals surface area contributed by atoms with Crippen LogP contribution >= 0.6 is 15.9 Å². The molecule has 2 amide bonds. The number of hydrogen-bond donors (Lipinski definition) is 2. The van der Waals surface area contributed by atoms with Crippen molar-refractivity contribution in [2.75, 3.05) is 19.6 Å². The van der Waals surface area contributed by atoms with E-state index in [1.807, 2.05) is 0 Å². The molecule has 2 fully saturated rings. The summed E-state index contributed by atoms with van der Waals surface area (Å²) in [5.41, 5.74) is -1.32. The highest BCUT2D eigenvalue weighted by Crippen LogP contribution is 2.32. The van der Waals surface area contributed by atoms with Gasteiger partial charge in [0.1, 0.15) is 0 Å². The van der Waals surface area contributed by atoms with Gasteiger partial charge in [-0.05, 0) is 59.8 Å². The number of amides is 2. The molecule has 0 unspecified atom stereocenters. The first-order valence-corrected chi connectivity index (χ1v) is 12.1. The van der Waals surface area contributed by atoms with Crippen molar-refractivity contribution in [1.29, 1.82) is 0 Å². The first kappa shape index (κ1) is 25.4. The molecule has 1 saturated heterocycles. The minimum atomic E-state index is -4.54. The van der Waals surface area contributed by atoms with E-state index in [2.05, 4.69) is 36.4 Å². The molecule has 12 heteroatoms. The third-order valence-electron chi connectivity index (χ3n) is 6.49. The van der Waals surface area contributed by atoms with Crippen molar-refractivity contribution in [3.8, 4) is 0 Å². The van der Waals surface area contributed by atoms with Crippen LogP contribution in [0.1, 0.15) is 47.6 Å². The molecule has 1 aromatic carbocycles. The maximum Gasteiger partial charge on any atom is 0.416 e. The second kappa shape index (κ2) is 10.5. The highest BCUT2D eigenvalue weighted by molar-refractivity contribution is 9.10. The van der Waals surface area contributed by atoms with Crippen LogP contribution in [0.2, 0.25) is 0 Å². The molecule has 8 nitrogen and oxygen atoms in total. The molecule has 0 radical (unpaired) electrons. The number of likely N-dealkylation sites (tertiary alicyclic amines) is 1. The van der Waals surface area contributed by atoms with Crippen molar-refractivity contribution in [3.63, 3.8) is 0 Å². The number of carbonyl (C=O) groups is 2. The molecule has 0 spiro atoms. The normalized spacial score (nSPS) is 21.3. The minimum Gasteiger partial charge on any atom is -0.349 e. The maximum atomic E-state index is 12.8. The van der Waals surface area contributed by atoms with E-state index in [0.29, 0.717) is 19.1 Å². The Hall–Kier alpha value is -2.73. The summed E-state index contributed by atoms with van der Waals surface area (Å²) >= 11 is 3.36. The molecule has 2 heterocycles. The topological polar surface area (TPSA) is 96.3 Å². The Balaban J connectivity index is 1.17. The van der Waals surface area contributed by atoms with Gasteiger partial charge >= 0.3 is 11.9 Å². The van der Waals surface area contributed by atoms with E-state index in [4.69, 9.17) is 0 Å². The number of nitrogens with zero attached hydrogens (tertiary/aromatic N) is 3. The minimum absolute atomic E-state index is 0.0393. The van der Waals surface area contributed by atoms with Gasteiger partial charge in [-0.3, -0.25) is 19.1 Å². The smallest absolute Gasteiger partial charge is 0.349 e. The van der Waals surface area contributed by atoms with Gasteiger partial charge in [-0.25, -0.2) is 9.78 Å². The average Bonchev–Trinajstić information content (AvgIpc) is 2.81. The summed E-state index contributed by atoms with van der Waals surface area (Å²) in [6.45, 7) is 1.08. The third kappa shape index (κ3) is 6.29. The Morgan fingerprint density at radius 2 is 1.80 bits per heavy atom. The average molecular weight is 556 g/mol. The van der Waals surface area contributed by atoms with Gasteiger partial charge in [0.2, 0.25) is 5.91 Å². The van der Waals surface area contributed by atoms with E-state index in [0.717, 1.165) is 48.4 Å². The Labute approximate surface area is 208 Å². The summed E-state index contributed by atoms with van der Waals surface area (Å²) in [5.74, 6) is -1.13. The van der Waals surface area contributed by atoms with Crippen molar-refractivity contribution < 1.29 is 22.8 Å². The van der Waals surface area contributed by atoms with E-state index in [9.17, 15) is 27.6 Å². The van der Waals surface area contributed by atoms with E-state index in [-0.39, 0.29) is 35.8 Å². The lowest BCUT2D eigenvalue weighted by atomic mass is 9.88. The Morgan fingerprint density at radius 3 is 2.49 bits per heavy atom. The predicted molar refractivity (Wildman–Crippen MR) is 125 cm³/mol. The zero-order valence-electron chi connectivity index (χ0n) is 18.7. The number of aromatic nitrogens is 2. The van der Waals surface area contributed by atoms with E-state index < -0.39 is 17.6 Å². The molecule has 188 valence electrons. The molecular weight excluding hydrogens is 531 g/mol. The van der Waals surface area contributed by atoms with Crippen LogP contribution in [0.3, 0.4) is 0 Å². The van der Waals surface area contributed by atoms with Crippen LogP contribution < -0.4 is 16.3 Å². The van der Waals surface area contributed by atoms with Gasteiger partial charge in [0.15, 0.2) is 0 Å². The van der Waals surface area contributed by atoms with Crippen LogP contribution in [-0.2, 0) is 11.0 Å². The summed E-state index contributed by atoms with van der Waals surface area (Å²) in [5, 5.41) is 5.21. The van der Waals surface area contributed by atoms with Gasteiger partial charge < -0.3 is 10.6 Å². The zero-order valence-corrected chi connectivity index (χ0v) is 20.3. The largest absolute Gasteiger partial charge is 0.416 e. The molecule has 1 saturated carbocycles. The lowest BCUT2D eigenvalue weighted by Gasteiger charge is -2.46. The molecule has 1 aliphatic heterocycles. The Morgan fingerprint density at radius 1 is 1.11 bits per heavy atom. The number of halogens is 4. The molecule has 0 bridgehead atoms. The van der Waals surface area contributed by atoms with Crippen LogP contribution in [0.4, 0.5) is 13.2 Å². The summed E-state index contributed by atoms with van der Waals surface area (Å²) in [6.07, 6.45) is 2.36. The summed E-state index contributed by atoms with van der Waals surface area (Å²) in [6, 6.07) is 4.54. The molecule has 1 aromatic heterocycles. The highest BCUT2D eigenvalue weighted by Gasteiger charge is 2.36. The summed E-state index contributed by atoms with van der Waals surface area (Å²) < 4.78 is 40.9. The van der Waals surface area contributed by atoms with Crippen molar-refractivity contribution in [2.24, 2.45) is 0 Å². The van der Waals surface area contributed by atoms with Crippen molar-refractivity contribution in [2.45, 2.75) is 50.0 Å². The highest BCUT2D eigenvalue weighted by atomic mass is 79.9.